The second kappa shape index (κ2) is 4.24. The fourth-order valence-corrected chi connectivity index (χ4v) is 4.32. The lowest BCUT2D eigenvalue weighted by molar-refractivity contribution is -0.139. The largest absolute Gasteiger partial charge is 0.480 e. The van der Waals surface area contributed by atoms with Gasteiger partial charge in [0, 0.05) is 0 Å². The van der Waals surface area contributed by atoms with Gasteiger partial charge in [0.2, 0.25) is 0 Å². The molecule has 1 aliphatic heterocycles. The van der Waals surface area contributed by atoms with E-state index in [0.717, 1.165) is 19.3 Å². The van der Waals surface area contributed by atoms with Crippen LogP contribution in [0.1, 0.15) is 26.2 Å². The summed E-state index contributed by atoms with van der Waals surface area (Å²) in [6, 6.07) is -0.528. The number of hydrogen-bond donors (Lipinski definition) is 2. The van der Waals surface area contributed by atoms with Gasteiger partial charge in [0.15, 0.2) is 0 Å². The third-order valence-corrected chi connectivity index (χ3v) is 5.87. The number of carbonyl (C=O) groups is 1. The van der Waals surface area contributed by atoms with Gasteiger partial charge >= 0.3 is 5.97 Å². The van der Waals surface area contributed by atoms with Crippen LogP contribution in [0.4, 0.5) is 0 Å². The molecule has 0 radical (unpaired) electrons. The van der Waals surface area contributed by atoms with Crippen molar-refractivity contribution in [1.82, 2.24) is 5.32 Å². The zero-order valence-electron chi connectivity index (χ0n) is 9.98. The SMILES string of the molecule is CC(NCC1CC12CCS(=O)(=O)CC2)C(=O)O. The quantitative estimate of drug-likeness (QED) is 0.758. The highest BCUT2D eigenvalue weighted by Gasteiger charge is 2.55. The Kier molecular flexibility index (Phi) is 3.20. The van der Waals surface area contributed by atoms with Gasteiger partial charge in [-0.25, -0.2) is 8.42 Å². The van der Waals surface area contributed by atoms with Crippen LogP contribution < -0.4 is 5.32 Å². The first-order valence-corrected chi connectivity index (χ1v) is 7.83. The normalized spacial score (nSPS) is 31.0. The van der Waals surface area contributed by atoms with Crippen LogP contribution in [0.15, 0.2) is 0 Å². The van der Waals surface area contributed by atoms with E-state index in [0.29, 0.717) is 24.0 Å². The molecule has 1 aliphatic carbocycles. The van der Waals surface area contributed by atoms with Crippen LogP contribution in [0.5, 0.6) is 0 Å². The van der Waals surface area contributed by atoms with Crippen LogP contribution in [0, 0.1) is 11.3 Å². The van der Waals surface area contributed by atoms with Gasteiger partial charge < -0.3 is 10.4 Å². The van der Waals surface area contributed by atoms with Gasteiger partial charge in [-0.2, -0.15) is 0 Å². The summed E-state index contributed by atoms with van der Waals surface area (Å²) in [5.41, 5.74) is 0.191. The Labute approximate surface area is 102 Å². The molecule has 0 aromatic carbocycles. The minimum absolute atomic E-state index is 0.191. The maximum Gasteiger partial charge on any atom is 0.320 e. The van der Waals surface area contributed by atoms with E-state index in [1.807, 2.05) is 0 Å². The molecule has 1 spiro atoms. The van der Waals surface area contributed by atoms with Crippen LogP contribution >= 0.6 is 0 Å². The highest BCUT2D eigenvalue weighted by Crippen LogP contribution is 2.59. The number of carboxylic acid groups (broad SMARTS) is 1. The second-order valence-corrected chi connectivity index (χ2v) is 7.69. The summed E-state index contributed by atoms with van der Waals surface area (Å²) in [6.45, 7) is 2.32. The smallest absolute Gasteiger partial charge is 0.320 e. The van der Waals surface area contributed by atoms with E-state index in [2.05, 4.69) is 5.32 Å². The molecule has 2 rings (SSSR count). The van der Waals surface area contributed by atoms with Crippen molar-refractivity contribution in [2.24, 2.45) is 11.3 Å². The Morgan fingerprint density at radius 2 is 2.06 bits per heavy atom. The highest BCUT2D eigenvalue weighted by atomic mass is 32.2. The summed E-state index contributed by atoms with van der Waals surface area (Å²) in [6.07, 6.45) is 2.55. The predicted molar refractivity (Wildman–Crippen MR) is 63.5 cm³/mol. The first kappa shape index (κ1) is 12.8. The molecule has 0 aromatic heterocycles. The van der Waals surface area contributed by atoms with E-state index in [4.69, 9.17) is 5.11 Å². The summed E-state index contributed by atoms with van der Waals surface area (Å²) in [5, 5.41) is 11.7. The zero-order chi connectivity index (χ0) is 12.7. The highest BCUT2D eigenvalue weighted by molar-refractivity contribution is 7.91. The molecular weight excluding hydrogens is 242 g/mol. The maximum atomic E-state index is 11.3. The molecule has 2 unspecified atom stereocenters. The summed E-state index contributed by atoms with van der Waals surface area (Å²) in [7, 11) is -2.80. The summed E-state index contributed by atoms with van der Waals surface area (Å²) < 4.78 is 22.7. The third kappa shape index (κ3) is 2.80. The molecule has 2 aliphatic rings. The average Bonchev–Trinajstić information content (AvgIpc) is 2.94. The molecule has 2 atom stereocenters. The topological polar surface area (TPSA) is 83.5 Å². The van der Waals surface area contributed by atoms with E-state index >= 15 is 0 Å². The van der Waals surface area contributed by atoms with Crippen molar-refractivity contribution in [2.45, 2.75) is 32.2 Å². The molecular formula is C11H19NO4S. The summed E-state index contributed by atoms with van der Waals surface area (Å²) in [5.74, 6) is 0.224. The van der Waals surface area contributed by atoms with Gasteiger partial charge in [0.05, 0.1) is 11.5 Å². The standard InChI is InChI=1S/C11H19NO4S/c1-8(10(13)14)12-7-9-6-11(9)2-4-17(15,16)5-3-11/h8-9,12H,2-7H2,1H3,(H,13,14). The first-order chi connectivity index (χ1) is 7.85. The average molecular weight is 261 g/mol. The van der Waals surface area contributed by atoms with Gasteiger partial charge in [0.1, 0.15) is 15.9 Å². The molecule has 0 aromatic rings. The van der Waals surface area contributed by atoms with Crippen molar-refractivity contribution in [3.8, 4) is 0 Å². The number of sulfone groups is 1. The summed E-state index contributed by atoms with van der Waals surface area (Å²) >= 11 is 0. The first-order valence-electron chi connectivity index (χ1n) is 6.01. The van der Waals surface area contributed by atoms with Crippen molar-refractivity contribution in [2.75, 3.05) is 18.1 Å². The van der Waals surface area contributed by atoms with E-state index in [1.165, 1.54) is 0 Å². The fourth-order valence-electron chi connectivity index (χ4n) is 2.68. The lowest BCUT2D eigenvalue weighted by Crippen LogP contribution is -2.36. The molecule has 2 N–H and O–H groups in total. The third-order valence-electron chi connectivity index (χ3n) is 4.22. The van der Waals surface area contributed by atoms with Crippen molar-refractivity contribution in [3.05, 3.63) is 0 Å². The monoisotopic (exact) mass is 261 g/mol. The number of rotatable bonds is 4. The number of hydrogen-bond acceptors (Lipinski definition) is 4. The lowest BCUT2D eigenvalue weighted by Gasteiger charge is -2.23. The van der Waals surface area contributed by atoms with Gasteiger partial charge in [0.25, 0.3) is 0 Å². The van der Waals surface area contributed by atoms with E-state index in [9.17, 15) is 13.2 Å². The van der Waals surface area contributed by atoms with Crippen molar-refractivity contribution < 1.29 is 18.3 Å². The van der Waals surface area contributed by atoms with Crippen LogP contribution in [0.2, 0.25) is 0 Å². The molecule has 98 valence electrons. The van der Waals surface area contributed by atoms with Crippen LogP contribution in [0.25, 0.3) is 0 Å². The molecule has 0 amide bonds. The van der Waals surface area contributed by atoms with Crippen LogP contribution in [-0.4, -0.2) is 43.6 Å². The molecule has 1 saturated carbocycles. The van der Waals surface area contributed by atoms with Crippen molar-refractivity contribution in [1.29, 1.82) is 0 Å². The van der Waals surface area contributed by atoms with Crippen LogP contribution in [-0.2, 0) is 14.6 Å². The van der Waals surface area contributed by atoms with Gasteiger partial charge in [-0.05, 0) is 44.1 Å². The van der Waals surface area contributed by atoms with Crippen molar-refractivity contribution in [3.63, 3.8) is 0 Å². The molecule has 5 nitrogen and oxygen atoms in total. The minimum atomic E-state index is -2.80. The van der Waals surface area contributed by atoms with Crippen LogP contribution in [0.3, 0.4) is 0 Å². The fraction of sp³-hybridized carbons (Fsp3) is 0.909. The molecule has 2 fully saturated rings. The summed E-state index contributed by atoms with van der Waals surface area (Å²) in [4.78, 5) is 10.6. The van der Waals surface area contributed by atoms with Gasteiger partial charge in [-0.15, -0.1) is 0 Å². The van der Waals surface area contributed by atoms with E-state index in [-0.39, 0.29) is 5.41 Å². The van der Waals surface area contributed by atoms with E-state index < -0.39 is 21.8 Å². The Balaban J connectivity index is 1.79. The Morgan fingerprint density at radius 3 is 2.59 bits per heavy atom. The number of carboxylic acids is 1. The second-order valence-electron chi connectivity index (χ2n) is 5.38. The zero-order valence-corrected chi connectivity index (χ0v) is 10.8. The molecule has 0 bridgehead atoms. The Bertz CT molecular complexity index is 403. The number of aliphatic carboxylic acids is 1. The number of nitrogens with one attached hydrogen (secondary N) is 1. The van der Waals surface area contributed by atoms with Gasteiger partial charge in [-0.1, -0.05) is 0 Å². The molecule has 6 heteroatoms. The molecule has 1 heterocycles. The Hall–Kier alpha value is -0.620. The Morgan fingerprint density at radius 1 is 1.47 bits per heavy atom. The van der Waals surface area contributed by atoms with Crippen molar-refractivity contribution >= 4 is 15.8 Å². The molecule has 17 heavy (non-hydrogen) atoms. The molecule has 1 saturated heterocycles. The van der Waals surface area contributed by atoms with Gasteiger partial charge in [-0.3, -0.25) is 4.79 Å². The maximum absolute atomic E-state index is 11.3. The van der Waals surface area contributed by atoms with E-state index in [1.54, 1.807) is 6.92 Å². The lowest BCUT2D eigenvalue weighted by atomic mass is 9.96. The predicted octanol–water partition coefficient (Wildman–Crippen LogP) is 0.264. The minimum Gasteiger partial charge on any atom is -0.480 e.